The zero-order chi connectivity index (χ0) is 10.6. The molecular formula is C9H16F2N2O. The Bertz CT molecular complexity index is 195. The van der Waals surface area contributed by atoms with E-state index in [4.69, 9.17) is 0 Å². The largest absolute Gasteiger partial charge is 0.355 e. The Balaban J connectivity index is 1.95. The van der Waals surface area contributed by atoms with Gasteiger partial charge in [-0.3, -0.25) is 4.79 Å². The normalized spacial score (nSPS) is 18.3. The highest BCUT2D eigenvalue weighted by Gasteiger charge is 2.29. The van der Waals surface area contributed by atoms with Gasteiger partial charge in [-0.25, -0.2) is 8.78 Å². The van der Waals surface area contributed by atoms with Crippen molar-refractivity contribution in [2.45, 2.75) is 32.2 Å². The van der Waals surface area contributed by atoms with Crippen LogP contribution in [0.25, 0.3) is 0 Å². The van der Waals surface area contributed by atoms with E-state index >= 15 is 0 Å². The third kappa shape index (κ3) is 4.00. The molecule has 1 atom stereocenters. The van der Waals surface area contributed by atoms with Crippen LogP contribution in [0.1, 0.15) is 19.8 Å². The van der Waals surface area contributed by atoms with Gasteiger partial charge in [0.25, 0.3) is 6.43 Å². The fourth-order valence-electron chi connectivity index (χ4n) is 1.06. The molecule has 1 fully saturated rings. The van der Waals surface area contributed by atoms with Crippen LogP contribution in [0, 0.1) is 5.92 Å². The molecule has 2 N–H and O–H groups in total. The summed E-state index contributed by atoms with van der Waals surface area (Å²) in [5.41, 5.74) is 0. The van der Waals surface area contributed by atoms with Crippen LogP contribution in [0.5, 0.6) is 0 Å². The van der Waals surface area contributed by atoms with Gasteiger partial charge in [0.1, 0.15) is 0 Å². The summed E-state index contributed by atoms with van der Waals surface area (Å²) in [4.78, 5) is 11.1. The van der Waals surface area contributed by atoms with E-state index in [0.717, 1.165) is 12.8 Å². The summed E-state index contributed by atoms with van der Waals surface area (Å²) in [6.07, 6.45) is -0.423. The maximum atomic E-state index is 12.0. The van der Waals surface area contributed by atoms with Gasteiger partial charge in [0.2, 0.25) is 5.91 Å². The van der Waals surface area contributed by atoms with Crippen molar-refractivity contribution in [1.29, 1.82) is 0 Å². The zero-order valence-corrected chi connectivity index (χ0v) is 8.22. The Kier molecular flexibility index (Phi) is 4.25. The van der Waals surface area contributed by atoms with Gasteiger partial charge >= 0.3 is 0 Å². The lowest BCUT2D eigenvalue weighted by molar-refractivity contribution is -0.122. The van der Waals surface area contributed by atoms with Crippen LogP contribution in [-0.4, -0.2) is 31.5 Å². The summed E-state index contributed by atoms with van der Waals surface area (Å²) in [5, 5.41) is 5.32. The lowest BCUT2D eigenvalue weighted by Crippen LogP contribution is -2.39. The van der Waals surface area contributed by atoms with Gasteiger partial charge in [0.05, 0.1) is 6.04 Å². The molecule has 0 heterocycles. The second-order valence-corrected chi connectivity index (χ2v) is 3.64. The van der Waals surface area contributed by atoms with Crippen molar-refractivity contribution in [3.05, 3.63) is 0 Å². The number of nitrogens with one attached hydrogen (secondary N) is 2. The van der Waals surface area contributed by atoms with Crippen LogP contribution < -0.4 is 10.6 Å². The first-order valence-corrected chi connectivity index (χ1v) is 4.90. The molecule has 82 valence electrons. The van der Waals surface area contributed by atoms with E-state index in [1.165, 1.54) is 6.92 Å². The Labute approximate surface area is 82.2 Å². The quantitative estimate of drug-likeness (QED) is 0.630. The van der Waals surface area contributed by atoms with E-state index in [1.54, 1.807) is 0 Å². The number of rotatable bonds is 6. The van der Waals surface area contributed by atoms with Crippen molar-refractivity contribution < 1.29 is 13.6 Å². The summed E-state index contributed by atoms with van der Waals surface area (Å²) in [7, 11) is 0. The molecule has 0 bridgehead atoms. The molecule has 0 aliphatic heterocycles. The van der Waals surface area contributed by atoms with Crippen molar-refractivity contribution in [2.75, 3.05) is 13.1 Å². The van der Waals surface area contributed by atoms with Gasteiger partial charge in [-0.05, 0) is 19.8 Å². The van der Waals surface area contributed by atoms with Crippen LogP contribution in [0.3, 0.4) is 0 Å². The molecular weight excluding hydrogens is 190 g/mol. The molecule has 0 saturated heterocycles. The number of hydrogen-bond acceptors (Lipinski definition) is 2. The summed E-state index contributed by atoms with van der Waals surface area (Å²) in [6, 6.07) is -0.812. The topological polar surface area (TPSA) is 41.1 Å². The lowest BCUT2D eigenvalue weighted by atomic mass is 10.3. The first kappa shape index (κ1) is 11.4. The number of hydrogen-bond donors (Lipinski definition) is 2. The van der Waals surface area contributed by atoms with Crippen LogP contribution in [0.4, 0.5) is 8.78 Å². The third-order valence-corrected chi connectivity index (χ3v) is 2.22. The molecule has 14 heavy (non-hydrogen) atoms. The average molecular weight is 206 g/mol. The first-order chi connectivity index (χ1) is 6.61. The van der Waals surface area contributed by atoms with Gasteiger partial charge in [-0.2, -0.15) is 0 Å². The second kappa shape index (κ2) is 5.24. The van der Waals surface area contributed by atoms with E-state index in [-0.39, 0.29) is 11.8 Å². The summed E-state index contributed by atoms with van der Waals surface area (Å²) < 4.78 is 24.0. The van der Waals surface area contributed by atoms with E-state index in [0.29, 0.717) is 13.1 Å². The maximum Gasteiger partial charge on any atom is 0.253 e. The van der Waals surface area contributed by atoms with Gasteiger partial charge in [0, 0.05) is 19.0 Å². The highest BCUT2D eigenvalue weighted by Crippen LogP contribution is 2.28. The van der Waals surface area contributed by atoms with Crippen molar-refractivity contribution in [2.24, 2.45) is 5.92 Å². The summed E-state index contributed by atoms with van der Waals surface area (Å²) >= 11 is 0. The molecule has 0 radical (unpaired) electrons. The van der Waals surface area contributed by atoms with Crippen molar-refractivity contribution in [1.82, 2.24) is 10.6 Å². The number of carbonyl (C=O) groups excluding carboxylic acids is 1. The molecule has 0 aromatic rings. The number of halogens is 2. The predicted molar refractivity (Wildman–Crippen MR) is 49.2 cm³/mol. The number of alkyl halides is 2. The number of carbonyl (C=O) groups is 1. The van der Waals surface area contributed by atoms with Crippen LogP contribution in [0.15, 0.2) is 0 Å². The van der Waals surface area contributed by atoms with E-state index < -0.39 is 12.5 Å². The first-order valence-electron chi connectivity index (χ1n) is 4.90. The standard InChI is InChI=1S/C9H16F2N2O/c1-6(8(10)11)12-4-5-13-9(14)7-2-3-7/h6-8,12H,2-5H2,1H3,(H,13,14). The molecule has 1 unspecified atom stereocenters. The SMILES string of the molecule is CC(NCCNC(=O)C1CC1)C(F)F. The molecule has 1 aliphatic rings. The van der Waals surface area contributed by atoms with E-state index in [2.05, 4.69) is 10.6 Å². The zero-order valence-electron chi connectivity index (χ0n) is 8.22. The monoisotopic (exact) mass is 206 g/mol. The molecule has 0 aromatic heterocycles. The van der Waals surface area contributed by atoms with E-state index in [9.17, 15) is 13.6 Å². The van der Waals surface area contributed by atoms with Gasteiger partial charge in [-0.1, -0.05) is 0 Å². The predicted octanol–water partition coefficient (Wildman–Crippen LogP) is 0.756. The molecule has 0 aromatic carbocycles. The highest BCUT2D eigenvalue weighted by molar-refractivity contribution is 5.80. The highest BCUT2D eigenvalue weighted by atomic mass is 19.3. The molecule has 1 aliphatic carbocycles. The Hall–Kier alpha value is -0.710. The van der Waals surface area contributed by atoms with Gasteiger partial charge in [0.15, 0.2) is 0 Å². The van der Waals surface area contributed by atoms with Crippen molar-refractivity contribution in [3.63, 3.8) is 0 Å². The Morgan fingerprint density at radius 1 is 1.43 bits per heavy atom. The molecule has 1 rings (SSSR count). The van der Waals surface area contributed by atoms with Crippen molar-refractivity contribution >= 4 is 5.91 Å². The van der Waals surface area contributed by atoms with Crippen LogP contribution in [0.2, 0.25) is 0 Å². The molecule has 5 heteroatoms. The van der Waals surface area contributed by atoms with Crippen LogP contribution >= 0.6 is 0 Å². The Morgan fingerprint density at radius 3 is 2.57 bits per heavy atom. The van der Waals surface area contributed by atoms with Crippen LogP contribution in [-0.2, 0) is 4.79 Å². The average Bonchev–Trinajstić information content (AvgIpc) is 2.94. The number of amides is 1. The van der Waals surface area contributed by atoms with Gasteiger partial charge < -0.3 is 10.6 Å². The molecule has 0 spiro atoms. The molecule has 3 nitrogen and oxygen atoms in total. The smallest absolute Gasteiger partial charge is 0.253 e. The lowest BCUT2D eigenvalue weighted by Gasteiger charge is -2.12. The minimum atomic E-state index is -2.35. The fourth-order valence-corrected chi connectivity index (χ4v) is 1.06. The minimum absolute atomic E-state index is 0.0523. The second-order valence-electron chi connectivity index (χ2n) is 3.64. The summed E-state index contributed by atoms with van der Waals surface area (Å²) in [5.74, 6) is 0.235. The van der Waals surface area contributed by atoms with E-state index in [1.807, 2.05) is 0 Å². The Morgan fingerprint density at radius 2 is 2.07 bits per heavy atom. The molecule has 1 amide bonds. The fraction of sp³-hybridized carbons (Fsp3) is 0.889. The summed E-state index contributed by atoms with van der Waals surface area (Å²) in [6.45, 7) is 2.24. The van der Waals surface area contributed by atoms with Crippen molar-refractivity contribution in [3.8, 4) is 0 Å². The molecule has 1 saturated carbocycles. The minimum Gasteiger partial charge on any atom is -0.355 e. The van der Waals surface area contributed by atoms with Gasteiger partial charge in [-0.15, -0.1) is 0 Å². The maximum absolute atomic E-state index is 12.0. The third-order valence-electron chi connectivity index (χ3n) is 2.22.